The Morgan fingerprint density at radius 3 is 2.60 bits per heavy atom. The van der Waals surface area contributed by atoms with Crippen LogP contribution in [-0.4, -0.2) is 20.5 Å². The predicted molar refractivity (Wildman–Crippen MR) is 75.8 cm³/mol. The lowest BCUT2D eigenvalue weighted by molar-refractivity contribution is 0.0985. The Morgan fingerprint density at radius 1 is 1.00 bits per heavy atom. The molecule has 4 nitrogen and oxygen atoms in total. The van der Waals surface area contributed by atoms with Gasteiger partial charge in [-0.3, -0.25) is 9.78 Å². The van der Waals surface area contributed by atoms with Gasteiger partial charge in [-0.15, -0.1) is 0 Å². The number of para-hydroxylation sites is 1. The van der Waals surface area contributed by atoms with E-state index in [-0.39, 0.29) is 5.78 Å². The van der Waals surface area contributed by atoms with Crippen molar-refractivity contribution in [3.8, 4) is 5.69 Å². The monoisotopic (exact) mass is 263 g/mol. The molecule has 4 heteroatoms. The fraction of sp³-hybridized carbons (Fsp3) is 0.0625. The van der Waals surface area contributed by atoms with Crippen molar-refractivity contribution in [1.29, 1.82) is 0 Å². The van der Waals surface area contributed by atoms with Gasteiger partial charge in [0.1, 0.15) is 5.69 Å². The summed E-state index contributed by atoms with van der Waals surface area (Å²) in [5.41, 5.74) is 2.37. The van der Waals surface area contributed by atoms with Crippen LogP contribution in [0.3, 0.4) is 0 Å². The normalized spacial score (nSPS) is 10.4. The van der Waals surface area contributed by atoms with Crippen molar-refractivity contribution in [2.45, 2.75) is 6.42 Å². The summed E-state index contributed by atoms with van der Waals surface area (Å²) in [6, 6.07) is 15.1. The number of aromatic nitrogens is 3. The Kier molecular flexibility index (Phi) is 3.37. The Bertz CT molecular complexity index is 705. The van der Waals surface area contributed by atoms with Gasteiger partial charge in [0.05, 0.1) is 11.9 Å². The first kappa shape index (κ1) is 12.3. The Morgan fingerprint density at radius 2 is 1.85 bits per heavy atom. The maximum absolute atomic E-state index is 12.4. The maximum Gasteiger partial charge on any atom is 0.185 e. The molecule has 0 aliphatic heterocycles. The van der Waals surface area contributed by atoms with Gasteiger partial charge >= 0.3 is 0 Å². The molecule has 0 unspecified atom stereocenters. The molecule has 0 atom stereocenters. The van der Waals surface area contributed by atoms with Crippen molar-refractivity contribution in [2.24, 2.45) is 0 Å². The van der Waals surface area contributed by atoms with Crippen LogP contribution in [0, 0.1) is 0 Å². The van der Waals surface area contributed by atoms with E-state index >= 15 is 0 Å². The summed E-state index contributed by atoms with van der Waals surface area (Å²) in [6.07, 6.45) is 5.37. The summed E-state index contributed by atoms with van der Waals surface area (Å²) >= 11 is 0. The van der Waals surface area contributed by atoms with Crippen molar-refractivity contribution < 1.29 is 4.79 Å². The minimum atomic E-state index is 0.0272. The van der Waals surface area contributed by atoms with Crippen LogP contribution in [0.2, 0.25) is 0 Å². The second kappa shape index (κ2) is 5.48. The van der Waals surface area contributed by atoms with Gasteiger partial charge in [0.2, 0.25) is 0 Å². The van der Waals surface area contributed by atoms with Gasteiger partial charge < -0.3 is 0 Å². The lowest BCUT2D eigenvalue weighted by Gasteiger charge is -2.06. The lowest BCUT2D eigenvalue weighted by Crippen LogP contribution is -2.11. The highest BCUT2D eigenvalue weighted by atomic mass is 16.1. The quantitative estimate of drug-likeness (QED) is 0.680. The average Bonchev–Trinajstić information content (AvgIpc) is 2.99. The Hall–Kier alpha value is -2.75. The summed E-state index contributed by atoms with van der Waals surface area (Å²) in [5, 5.41) is 4.23. The Balaban J connectivity index is 1.88. The molecule has 1 aromatic carbocycles. The van der Waals surface area contributed by atoms with Crippen LogP contribution in [0.4, 0.5) is 0 Å². The maximum atomic E-state index is 12.4. The number of hydrogen-bond acceptors (Lipinski definition) is 3. The van der Waals surface area contributed by atoms with Crippen molar-refractivity contribution in [1.82, 2.24) is 14.8 Å². The fourth-order valence-electron chi connectivity index (χ4n) is 2.07. The number of nitrogens with zero attached hydrogens (tertiary/aromatic N) is 3. The van der Waals surface area contributed by atoms with Gasteiger partial charge in [-0.05, 0) is 29.8 Å². The molecule has 0 aliphatic rings. The summed E-state index contributed by atoms with van der Waals surface area (Å²) < 4.78 is 1.67. The number of benzene rings is 1. The number of rotatable bonds is 4. The molecule has 0 spiro atoms. The number of hydrogen-bond donors (Lipinski definition) is 0. The number of ketones is 1. The summed E-state index contributed by atoms with van der Waals surface area (Å²) in [4.78, 5) is 16.4. The highest BCUT2D eigenvalue weighted by Crippen LogP contribution is 2.12. The summed E-state index contributed by atoms with van der Waals surface area (Å²) in [7, 11) is 0. The Labute approximate surface area is 116 Å². The molecule has 0 amide bonds. The molecule has 0 aliphatic carbocycles. The van der Waals surface area contributed by atoms with Crippen molar-refractivity contribution >= 4 is 5.78 Å². The van der Waals surface area contributed by atoms with E-state index in [9.17, 15) is 4.79 Å². The zero-order chi connectivity index (χ0) is 13.8. The smallest absolute Gasteiger partial charge is 0.185 e. The van der Waals surface area contributed by atoms with Crippen LogP contribution in [0.15, 0.2) is 67.1 Å². The van der Waals surface area contributed by atoms with E-state index in [1.54, 1.807) is 29.3 Å². The minimum Gasteiger partial charge on any atom is -0.292 e. The third-order valence-electron chi connectivity index (χ3n) is 3.02. The van der Waals surface area contributed by atoms with Crippen molar-refractivity contribution in [3.63, 3.8) is 0 Å². The molecule has 0 N–H and O–H groups in total. The first-order valence-corrected chi connectivity index (χ1v) is 6.36. The van der Waals surface area contributed by atoms with E-state index < -0.39 is 0 Å². The van der Waals surface area contributed by atoms with E-state index in [1.165, 1.54) is 0 Å². The standard InChI is InChI=1S/C16H13N3O/c20-16(11-13-5-4-9-17-12-13)15-8-10-18-19(15)14-6-2-1-3-7-14/h1-10,12H,11H2. The van der Waals surface area contributed by atoms with E-state index in [1.807, 2.05) is 42.5 Å². The van der Waals surface area contributed by atoms with Crippen LogP contribution in [0.25, 0.3) is 5.69 Å². The molecule has 3 aromatic rings. The number of pyridine rings is 1. The van der Waals surface area contributed by atoms with Gasteiger partial charge in [0.25, 0.3) is 0 Å². The largest absolute Gasteiger partial charge is 0.292 e. The number of carbonyl (C=O) groups is 1. The molecule has 98 valence electrons. The average molecular weight is 263 g/mol. The lowest BCUT2D eigenvalue weighted by atomic mass is 10.1. The zero-order valence-corrected chi connectivity index (χ0v) is 10.8. The summed E-state index contributed by atoms with van der Waals surface area (Å²) in [6.45, 7) is 0. The van der Waals surface area contributed by atoms with Crippen LogP contribution in [0.5, 0.6) is 0 Å². The molecule has 20 heavy (non-hydrogen) atoms. The van der Waals surface area contributed by atoms with Crippen molar-refractivity contribution in [3.05, 3.63) is 78.4 Å². The van der Waals surface area contributed by atoms with E-state index in [4.69, 9.17) is 0 Å². The van der Waals surface area contributed by atoms with Gasteiger partial charge in [-0.1, -0.05) is 24.3 Å². The third-order valence-corrected chi connectivity index (χ3v) is 3.02. The zero-order valence-electron chi connectivity index (χ0n) is 10.8. The molecule has 3 rings (SSSR count). The van der Waals surface area contributed by atoms with Crippen LogP contribution in [-0.2, 0) is 6.42 Å². The summed E-state index contributed by atoms with van der Waals surface area (Å²) in [5.74, 6) is 0.0272. The van der Waals surface area contributed by atoms with Crippen LogP contribution < -0.4 is 0 Å². The van der Waals surface area contributed by atoms with Crippen LogP contribution >= 0.6 is 0 Å². The highest BCUT2D eigenvalue weighted by Gasteiger charge is 2.13. The van der Waals surface area contributed by atoms with E-state index in [0.717, 1.165) is 11.3 Å². The topological polar surface area (TPSA) is 47.8 Å². The molecular weight excluding hydrogens is 250 g/mol. The van der Waals surface area contributed by atoms with Gasteiger partial charge in [0.15, 0.2) is 5.78 Å². The third kappa shape index (κ3) is 2.49. The fourth-order valence-corrected chi connectivity index (χ4v) is 2.07. The number of Topliss-reactive ketones (excluding diaryl/α,β-unsaturated/α-hetero) is 1. The van der Waals surface area contributed by atoms with E-state index in [0.29, 0.717) is 12.1 Å². The predicted octanol–water partition coefficient (Wildman–Crippen LogP) is 2.69. The van der Waals surface area contributed by atoms with Gasteiger partial charge in [-0.25, -0.2) is 4.68 Å². The number of carbonyl (C=O) groups excluding carboxylic acids is 1. The molecule has 0 fully saturated rings. The van der Waals surface area contributed by atoms with Gasteiger partial charge in [-0.2, -0.15) is 5.10 Å². The van der Waals surface area contributed by atoms with Gasteiger partial charge in [0, 0.05) is 18.8 Å². The molecule has 2 heterocycles. The minimum absolute atomic E-state index is 0.0272. The molecule has 0 saturated carbocycles. The second-order valence-corrected chi connectivity index (χ2v) is 4.43. The molecule has 0 bridgehead atoms. The molecule has 0 saturated heterocycles. The first-order chi connectivity index (χ1) is 9.84. The molecule has 0 radical (unpaired) electrons. The molecular formula is C16H13N3O. The van der Waals surface area contributed by atoms with Crippen LogP contribution in [0.1, 0.15) is 16.1 Å². The van der Waals surface area contributed by atoms with Crippen molar-refractivity contribution in [2.75, 3.05) is 0 Å². The van der Waals surface area contributed by atoms with E-state index in [2.05, 4.69) is 10.1 Å². The second-order valence-electron chi connectivity index (χ2n) is 4.43. The highest BCUT2D eigenvalue weighted by molar-refractivity contribution is 5.96. The first-order valence-electron chi connectivity index (χ1n) is 6.36. The molecule has 2 aromatic heterocycles. The SMILES string of the molecule is O=C(Cc1cccnc1)c1ccnn1-c1ccccc1.